The summed E-state index contributed by atoms with van der Waals surface area (Å²) in [7, 11) is 0. The summed E-state index contributed by atoms with van der Waals surface area (Å²) >= 11 is 3.60. The van der Waals surface area contributed by atoms with E-state index in [1.54, 1.807) is 11.8 Å². The molecule has 2 nitrogen and oxygen atoms in total. The fraction of sp³-hybridized carbons (Fsp3) is 0.333. The molecule has 0 fully saturated rings. The molecule has 0 amide bonds. The van der Waals surface area contributed by atoms with Crippen molar-refractivity contribution in [1.82, 2.24) is 4.98 Å². The standard InChI is InChI=1S/C12H8F3NOS3/c13-12(14,15)11-16-4-9(20-11)10(17)8-3-6-5-18-2-1-7(6)19-8/h3-4H,1-2,5H2. The fourth-order valence-corrected chi connectivity index (χ4v) is 5.02. The van der Waals surface area contributed by atoms with Crippen molar-refractivity contribution >= 4 is 40.2 Å². The molecule has 0 atom stereocenters. The second kappa shape index (κ2) is 5.16. The second-order valence-corrected chi connectivity index (χ2v) is 7.49. The van der Waals surface area contributed by atoms with Gasteiger partial charge in [-0.15, -0.1) is 22.7 Å². The predicted octanol–water partition coefficient (Wildman–Crippen LogP) is 4.24. The van der Waals surface area contributed by atoms with Gasteiger partial charge in [0.15, 0.2) is 5.01 Å². The summed E-state index contributed by atoms with van der Waals surface area (Å²) in [6, 6.07) is 1.81. The topological polar surface area (TPSA) is 30.0 Å². The molecule has 0 radical (unpaired) electrons. The largest absolute Gasteiger partial charge is 0.443 e. The molecule has 106 valence electrons. The number of carbonyl (C=O) groups excluding carboxylic acids is 1. The van der Waals surface area contributed by atoms with Crippen molar-refractivity contribution in [2.45, 2.75) is 18.3 Å². The predicted molar refractivity (Wildman–Crippen MR) is 74.7 cm³/mol. The van der Waals surface area contributed by atoms with E-state index in [-0.39, 0.29) is 10.7 Å². The Kier molecular flexibility index (Phi) is 3.64. The quantitative estimate of drug-likeness (QED) is 0.769. The summed E-state index contributed by atoms with van der Waals surface area (Å²) in [5.41, 5.74) is 1.13. The Morgan fingerprint density at radius 3 is 2.70 bits per heavy atom. The summed E-state index contributed by atoms with van der Waals surface area (Å²) in [4.78, 5) is 17.2. The van der Waals surface area contributed by atoms with E-state index in [2.05, 4.69) is 4.98 Å². The first kappa shape index (κ1) is 14.1. The van der Waals surface area contributed by atoms with E-state index in [1.807, 2.05) is 6.07 Å². The normalized spacial score (nSPS) is 15.2. The maximum atomic E-state index is 12.5. The van der Waals surface area contributed by atoms with Gasteiger partial charge < -0.3 is 0 Å². The van der Waals surface area contributed by atoms with Gasteiger partial charge in [0.05, 0.1) is 9.75 Å². The number of thioether (sulfide) groups is 1. The van der Waals surface area contributed by atoms with Crippen molar-refractivity contribution in [2.75, 3.05) is 5.75 Å². The van der Waals surface area contributed by atoms with Crippen LogP contribution >= 0.6 is 34.4 Å². The molecule has 0 N–H and O–H groups in total. The third-order valence-corrected chi connectivity index (χ3v) is 6.11. The molecule has 0 bridgehead atoms. The zero-order chi connectivity index (χ0) is 14.3. The highest BCUT2D eigenvalue weighted by Gasteiger charge is 2.35. The van der Waals surface area contributed by atoms with Crippen LogP contribution in [-0.4, -0.2) is 16.5 Å². The lowest BCUT2D eigenvalue weighted by molar-refractivity contribution is -0.137. The number of carbonyl (C=O) groups is 1. The number of hydrogen-bond acceptors (Lipinski definition) is 5. The number of thiazole rings is 1. The highest BCUT2D eigenvalue weighted by atomic mass is 32.2. The summed E-state index contributed by atoms with van der Waals surface area (Å²) in [5, 5.41) is -0.974. The van der Waals surface area contributed by atoms with Gasteiger partial charge in [-0.05, 0) is 23.8 Å². The zero-order valence-corrected chi connectivity index (χ0v) is 12.4. The molecular formula is C12H8F3NOS3. The van der Waals surface area contributed by atoms with Crippen LogP contribution in [0.2, 0.25) is 0 Å². The Bertz CT molecular complexity index is 636. The van der Waals surface area contributed by atoms with Crippen molar-refractivity contribution in [3.63, 3.8) is 0 Å². The SMILES string of the molecule is O=C(c1cnc(C(F)(F)F)s1)c1cc2c(s1)CCSC2. The van der Waals surface area contributed by atoms with Crippen LogP contribution in [0.15, 0.2) is 12.3 Å². The Labute approximate surface area is 125 Å². The van der Waals surface area contributed by atoms with Gasteiger partial charge in [0.2, 0.25) is 5.78 Å². The number of halogens is 3. The van der Waals surface area contributed by atoms with Crippen LogP contribution in [0.4, 0.5) is 13.2 Å². The highest BCUT2D eigenvalue weighted by Crippen LogP contribution is 2.36. The van der Waals surface area contributed by atoms with E-state index in [9.17, 15) is 18.0 Å². The minimum absolute atomic E-state index is 0.0450. The van der Waals surface area contributed by atoms with E-state index in [1.165, 1.54) is 16.2 Å². The van der Waals surface area contributed by atoms with Gasteiger partial charge in [0.1, 0.15) is 0 Å². The number of aromatic nitrogens is 1. The molecule has 8 heteroatoms. The average molecular weight is 335 g/mol. The lowest BCUT2D eigenvalue weighted by Crippen LogP contribution is -2.03. The van der Waals surface area contributed by atoms with Crippen LogP contribution in [0.5, 0.6) is 0 Å². The molecule has 3 rings (SSSR count). The zero-order valence-electron chi connectivity index (χ0n) is 9.99. The first-order valence-electron chi connectivity index (χ1n) is 5.72. The van der Waals surface area contributed by atoms with E-state index < -0.39 is 11.2 Å². The van der Waals surface area contributed by atoms with Gasteiger partial charge in [0.25, 0.3) is 0 Å². The minimum Gasteiger partial charge on any atom is -0.287 e. The maximum Gasteiger partial charge on any atom is 0.443 e. The lowest BCUT2D eigenvalue weighted by Gasteiger charge is -2.08. The number of aryl methyl sites for hydroxylation is 1. The van der Waals surface area contributed by atoms with Crippen LogP contribution < -0.4 is 0 Å². The van der Waals surface area contributed by atoms with Gasteiger partial charge in [-0.25, -0.2) is 4.98 Å². The average Bonchev–Trinajstić information content (AvgIpc) is 3.04. The third kappa shape index (κ3) is 2.64. The van der Waals surface area contributed by atoms with Crippen molar-refractivity contribution in [3.8, 4) is 0 Å². The van der Waals surface area contributed by atoms with Gasteiger partial charge in [-0.1, -0.05) is 0 Å². The number of nitrogens with zero attached hydrogens (tertiary/aromatic N) is 1. The number of alkyl halides is 3. The lowest BCUT2D eigenvalue weighted by atomic mass is 10.2. The van der Waals surface area contributed by atoms with Crippen LogP contribution in [0.1, 0.15) is 30.0 Å². The molecular weight excluding hydrogens is 327 g/mol. The van der Waals surface area contributed by atoms with Gasteiger partial charge in [0, 0.05) is 16.8 Å². The maximum absolute atomic E-state index is 12.5. The molecule has 1 aliphatic heterocycles. The van der Waals surface area contributed by atoms with Crippen molar-refractivity contribution < 1.29 is 18.0 Å². The van der Waals surface area contributed by atoms with Crippen LogP contribution in [0.25, 0.3) is 0 Å². The van der Waals surface area contributed by atoms with Crippen LogP contribution in [0.3, 0.4) is 0 Å². The molecule has 20 heavy (non-hydrogen) atoms. The van der Waals surface area contributed by atoms with E-state index in [0.29, 0.717) is 16.2 Å². The summed E-state index contributed by atoms with van der Waals surface area (Å²) in [5.74, 6) is 1.54. The fourth-order valence-electron chi connectivity index (χ4n) is 1.89. The molecule has 0 spiro atoms. The highest BCUT2D eigenvalue weighted by molar-refractivity contribution is 7.98. The van der Waals surface area contributed by atoms with E-state index >= 15 is 0 Å². The molecule has 0 saturated heterocycles. The third-order valence-electron chi connectivity index (χ3n) is 2.82. The number of hydrogen-bond donors (Lipinski definition) is 0. The number of thiophene rings is 1. The number of fused-ring (bicyclic) bond motifs is 1. The minimum atomic E-state index is -4.49. The first-order valence-corrected chi connectivity index (χ1v) is 8.51. The molecule has 0 aliphatic carbocycles. The summed E-state index contributed by atoms with van der Waals surface area (Å²) in [6.45, 7) is 0. The smallest absolute Gasteiger partial charge is 0.287 e. The molecule has 0 unspecified atom stereocenters. The summed E-state index contributed by atoms with van der Waals surface area (Å²) in [6.07, 6.45) is -2.55. The van der Waals surface area contributed by atoms with Crippen molar-refractivity contribution in [3.05, 3.63) is 37.5 Å². The molecule has 3 heterocycles. The van der Waals surface area contributed by atoms with Crippen molar-refractivity contribution in [2.24, 2.45) is 0 Å². The molecule has 0 saturated carbocycles. The van der Waals surface area contributed by atoms with E-state index in [4.69, 9.17) is 0 Å². The van der Waals surface area contributed by atoms with Crippen LogP contribution in [-0.2, 0) is 18.3 Å². The summed E-state index contributed by atoms with van der Waals surface area (Å²) < 4.78 is 37.5. The van der Waals surface area contributed by atoms with E-state index in [0.717, 1.165) is 29.7 Å². The van der Waals surface area contributed by atoms with Gasteiger partial charge in [-0.3, -0.25) is 4.79 Å². The van der Waals surface area contributed by atoms with Gasteiger partial charge >= 0.3 is 6.18 Å². The van der Waals surface area contributed by atoms with Crippen molar-refractivity contribution in [1.29, 1.82) is 0 Å². The Morgan fingerprint density at radius 1 is 1.25 bits per heavy atom. The monoisotopic (exact) mass is 335 g/mol. The Morgan fingerprint density at radius 2 is 2.05 bits per heavy atom. The van der Waals surface area contributed by atoms with Crippen LogP contribution in [0, 0.1) is 0 Å². The van der Waals surface area contributed by atoms with Gasteiger partial charge in [-0.2, -0.15) is 24.9 Å². The number of ketones is 1. The Balaban J connectivity index is 1.89. The molecule has 0 aromatic carbocycles. The molecule has 1 aliphatic rings. The second-order valence-electron chi connectivity index (χ2n) is 4.22. The number of rotatable bonds is 2. The molecule has 2 aromatic heterocycles. The Hall–Kier alpha value is -0.860. The molecule has 2 aromatic rings. The first-order chi connectivity index (χ1) is 9.45.